The lowest BCUT2D eigenvalue weighted by Crippen LogP contribution is -2.24. The first-order valence-corrected chi connectivity index (χ1v) is 10.0. The van der Waals surface area contributed by atoms with E-state index in [1.165, 1.54) is 12.0 Å². The number of benzene rings is 1. The monoisotopic (exact) mass is 369 g/mol. The van der Waals surface area contributed by atoms with E-state index in [2.05, 4.69) is 40.8 Å². The summed E-state index contributed by atoms with van der Waals surface area (Å²) in [6.45, 7) is 8.26. The van der Waals surface area contributed by atoms with Crippen molar-refractivity contribution >= 4 is 0 Å². The molecular weight excluding hydrogens is 338 g/mol. The van der Waals surface area contributed by atoms with Crippen LogP contribution in [0.4, 0.5) is 0 Å². The van der Waals surface area contributed by atoms with E-state index in [-0.39, 0.29) is 0 Å². The van der Waals surface area contributed by atoms with Crippen LogP contribution in [0.25, 0.3) is 0 Å². The highest BCUT2D eigenvalue weighted by atomic mass is 16.5. The van der Waals surface area contributed by atoms with Crippen molar-refractivity contribution in [2.45, 2.75) is 52.2 Å². The van der Waals surface area contributed by atoms with E-state index in [0.29, 0.717) is 12.7 Å². The van der Waals surface area contributed by atoms with Crippen LogP contribution < -0.4 is 4.74 Å². The molecule has 0 bridgehead atoms. The molecule has 0 spiro atoms. The molecule has 5 nitrogen and oxygen atoms in total. The average molecular weight is 370 g/mol. The second-order valence-corrected chi connectivity index (χ2v) is 7.16. The van der Waals surface area contributed by atoms with Crippen molar-refractivity contribution in [3.8, 4) is 5.75 Å². The van der Waals surface area contributed by atoms with Crippen LogP contribution in [0, 0.1) is 0 Å². The van der Waals surface area contributed by atoms with Crippen molar-refractivity contribution in [3.05, 3.63) is 53.1 Å². The van der Waals surface area contributed by atoms with Crippen molar-refractivity contribution in [3.63, 3.8) is 0 Å². The summed E-state index contributed by atoms with van der Waals surface area (Å²) in [5.74, 6) is 1.74. The number of rotatable bonds is 9. The number of nitrogens with zero attached hydrogens (tertiary/aromatic N) is 3. The van der Waals surface area contributed by atoms with Gasteiger partial charge in [0.15, 0.2) is 0 Å². The van der Waals surface area contributed by atoms with Crippen molar-refractivity contribution in [1.29, 1.82) is 0 Å². The van der Waals surface area contributed by atoms with Gasteiger partial charge in [-0.15, -0.1) is 0 Å². The molecular formula is C22H31N3O2. The molecule has 0 saturated carbocycles. The first-order chi connectivity index (χ1) is 13.2. The number of hydrogen-bond acceptors (Lipinski definition) is 5. The fourth-order valence-corrected chi connectivity index (χ4v) is 3.62. The third kappa shape index (κ3) is 5.50. The average Bonchev–Trinajstić information content (AvgIpc) is 3.14. The quantitative estimate of drug-likeness (QED) is 0.675. The predicted octanol–water partition coefficient (Wildman–Crippen LogP) is 3.64. The van der Waals surface area contributed by atoms with Crippen LogP contribution in [0.2, 0.25) is 0 Å². The molecule has 146 valence electrons. The van der Waals surface area contributed by atoms with Gasteiger partial charge < -0.3 is 14.4 Å². The number of aromatic nitrogens is 2. The van der Waals surface area contributed by atoms with Crippen molar-refractivity contribution in [2.24, 2.45) is 0 Å². The van der Waals surface area contributed by atoms with Gasteiger partial charge >= 0.3 is 0 Å². The number of ether oxygens (including phenoxy) is 2. The number of hydrogen-bond donors (Lipinski definition) is 0. The van der Waals surface area contributed by atoms with Crippen LogP contribution >= 0.6 is 0 Å². The first kappa shape index (κ1) is 19.8. The number of aryl methyl sites for hydroxylation is 1. The van der Waals surface area contributed by atoms with Crippen LogP contribution in [-0.2, 0) is 24.2 Å². The molecule has 3 rings (SSSR count). The van der Waals surface area contributed by atoms with Gasteiger partial charge in [-0.05, 0) is 49.6 Å². The van der Waals surface area contributed by atoms with Gasteiger partial charge in [-0.3, -0.25) is 0 Å². The minimum atomic E-state index is 0.314. The molecule has 1 aromatic carbocycles. The largest absolute Gasteiger partial charge is 0.496 e. The van der Waals surface area contributed by atoms with E-state index >= 15 is 0 Å². The fraction of sp³-hybridized carbons (Fsp3) is 0.545. The minimum Gasteiger partial charge on any atom is -0.496 e. The lowest BCUT2D eigenvalue weighted by atomic mass is 10.1. The Morgan fingerprint density at radius 3 is 2.89 bits per heavy atom. The smallest absolute Gasteiger partial charge is 0.132 e. The third-order valence-electron chi connectivity index (χ3n) is 5.08. The first-order valence-electron chi connectivity index (χ1n) is 10.0. The molecule has 1 aliphatic heterocycles. The minimum absolute atomic E-state index is 0.314. The Balaban J connectivity index is 1.64. The van der Waals surface area contributed by atoms with Gasteiger partial charge in [-0.25, -0.2) is 9.97 Å². The van der Waals surface area contributed by atoms with Crippen LogP contribution in [0.3, 0.4) is 0 Å². The highest BCUT2D eigenvalue weighted by Gasteiger charge is 2.22. The standard InChI is InChI=1S/C22H31N3O2/c1-4-11-25-12-9-20(15-25)27-16-18-13-17(6-7-21(18)26-3)14-22-23-10-8-19(5-2)24-22/h6-8,10,13,20H,4-5,9,11-12,14-16H2,1-3H3. The van der Waals surface area contributed by atoms with Gasteiger partial charge in [0.2, 0.25) is 0 Å². The van der Waals surface area contributed by atoms with E-state index in [9.17, 15) is 0 Å². The molecule has 0 aliphatic carbocycles. The summed E-state index contributed by atoms with van der Waals surface area (Å²) in [7, 11) is 1.71. The van der Waals surface area contributed by atoms with Crippen molar-refractivity contribution in [2.75, 3.05) is 26.7 Å². The van der Waals surface area contributed by atoms with E-state index in [0.717, 1.165) is 61.7 Å². The Morgan fingerprint density at radius 1 is 1.22 bits per heavy atom. The Labute approximate surface area is 162 Å². The van der Waals surface area contributed by atoms with E-state index < -0.39 is 0 Å². The van der Waals surface area contributed by atoms with Crippen LogP contribution in [0.15, 0.2) is 30.5 Å². The zero-order valence-corrected chi connectivity index (χ0v) is 16.8. The number of methoxy groups -OCH3 is 1. The number of likely N-dealkylation sites (tertiary alicyclic amines) is 1. The van der Waals surface area contributed by atoms with Crippen molar-refractivity contribution < 1.29 is 9.47 Å². The summed E-state index contributed by atoms with van der Waals surface area (Å²) in [6.07, 6.45) is 6.11. The molecule has 1 saturated heterocycles. The summed E-state index contributed by atoms with van der Waals surface area (Å²) in [5.41, 5.74) is 3.35. The molecule has 1 aromatic heterocycles. The SMILES string of the molecule is CCCN1CCC(OCc2cc(Cc3nccc(CC)n3)ccc2OC)C1. The molecule has 1 atom stereocenters. The highest BCUT2D eigenvalue weighted by molar-refractivity contribution is 5.38. The zero-order chi connectivity index (χ0) is 19.1. The molecule has 0 N–H and O–H groups in total. The van der Waals surface area contributed by atoms with Gasteiger partial charge in [0.1, 0.15) is 11.6 Å². The molecule has 1 unspecified atom stereocenters. The molecule has 27 heavy (non-hydrogen) atoms. The maximum Gasteiger partial charge on any atom is 0.132 e. The van der Waals surface area contributed by atoms with Gasteiger partial charge in [0.05, 0.1) is 19.8 Å². The lowest BCUT2D eigenvalue weighted by Gasteiger charge is -2.16. The van der Waals surface area contributed by atoms with E-state index in [1.54, 1.807) is 7.11 Å². The van der Waals surface area contributed by atoms with Crippen LogP contribution in [0.5, 0.6) is 5.75 Å². The Morgan fingerprint density at radius 2 is 2.11 bits per heavy atom. The topological polar surface area (TPSA) is 47.5 Å². The second-order valence-electron chi connectivity index (χ2n) is 7.16. The predicted molar refractivity (Wildman–Crippen MR) is 107 cm³/mol. The molecule has 1 fully saturated rings. The second kappa shape index (κ2) is 9.81. The molecule has 0 radical (unpaired) electrons. The maximum absolute atomic E-state index is 6.20. The van der Waals surface area contributed by atoms with E-state index in [4.69, 9.17) is 9.47 Å². The maximum atomic E-state index is 6.20. The van der Waals surface area contributed by atoms with Crippen LogP contribution in [0.1, 0.15) is 49.3 Å². The fourth-order valence-electron chi connectivity index (χ4n) is 3.62. The molecule has 5 heteroatoms. The summed E-state index contributed by atoms with van der Waals surface area (Å²) < 4.78 is 11.7. The summed E-state index contributed by atoms with van der Waals surface area (Å²) >= 11 is 0. The van der Waals surface area contributed by atoms with Crippen molar-refractivity contribution in [1.82, 2.24) is 14.9 Å². The molecule has 2 heterocycles. The summed E-state index contributed by atoms with van der Waals surface area (Å²) in [4.78, 5) is 11.5. The Hall–Kier alpha value is -1.98. The molecule has 0 amide bonds. The van der Waals surface area contributed by atoms with Gasteiger partial charge in [-0.2, -0.15) is 0 Å². The third-order valence-corrected chi connectivity index (χ3v) is 5.08. The molecule has 1 aliphatic rings. The van der Waals surface area contributed by atoms with Gasteiger partial charge in [-0.1, -0.05) is 19.9 Å². The summed E-state index contributed by atoms with van der Waals surface area (Å²) in [6, 6.07) is 8.25. The van der Waals surface area contributed by atoms with E-state index in [1.807, 2.05) is 18.3 Å². The van der Waals surface area contributed by atoms with Crippen LogP contribution in [-0.4, -0.2) is 47.7 Å². The highest BCUT2D eigenvalue weighted by Crippen LogP contribution is 2.24. The zero-order valence-electron chi connectivity index (χ0n) is 16.8. The Kier molecular flexibility index (Phi) is 7.18. The Bertz CT molecular complexity index is 735. The van der Waals surface area contributed by atoms with Gasteiger partial charge in [0.25, 0.3) is 0 Å². The normalized spacial score (nSPS) is 17.4. The lowest BCUT2D eigenvalue weighted by molar-refractivity contribution is 0.0456. The van der Waals surface area contributed by atoms with Gasteiger partial charge in [0, 0.05) is 37.0 Å². The summed E-state index contributed by atoms with van der Waals surface area (Å²) in [5, 5.41) is 0. The molecule has 2 aromatic rings.